The molecule has 2 aliphatic rings. The van der Waals surface area contributed by atoms with Crippen molar-refractivity contribution in [1.29, 1.82) is 0 Å². The van der Waals surface area contributed by atoms with E-state index in [1.807, 2.05) is 0 Å². The molecule has 2 fully saturated rings. The largest absolute Gasteiger partial charge is 0.381 e. The van der Waals surface area contributed by atoms with Gasteiger partial charge in [0.2, 0.25) is 10.0 Å². The number of nitrogens with two attached hydrogens (primary N) is 1. The Kier molecular flexibility index (Phi) is 4.07. The van der Waals surface area contributed by atoms with Gasteiger partial charge in [-0.2, -0.15) is 0 Å². The van der Waals surface area contributed by atoms with E-state index in [1.54, 1.807) is 0 Å². The zero-order valence-corrected chi connectivity index (χ0v) is 11.0. The van der Waals surface area contributed by atoms with Crippen LogP contribution in [0, 0.1) is 5.41 Å². The fourth-order valence-electron chi connectivity index (χ4n) is 2.49. The van der Waals surface area contributed by atoms with Gasteiger partial charge in [-0.25, -0.2) is 13.1 Å². The molecule has 0 unspecified atom stereocenters. The summed E-state index contributed by atoms with van der Waals surface area (Å²) in [7, 11) is -3.19. The van der Waals surface area contributed by atoms with Gasteiger partial charge in [0.05, 0.1) is 5.25 Å². The van der Waals surface area contributed by atoms with Crippen molar-refractivity contribution in [2.45, 2.75) is 37.4 Å². The molecular weight excluding hydrogens is 240 g/mol. The van der Waals surface area contributed by atoms with Crippen LogP contribution in [0.3, 0.4) is 0 Å². The van der Waals surface area contributed by atoms with Gasteiger partial charge in [-0.15, -0.1) is 0 Å². The normalized spacial score (nSPS) is 25.5. The summed E-state index contributed by atoms with van der Waals surface area (Å²) in [4.78, 5) is 0. The molecule has 3 N–H and O–H groups in total. The van der Waals surface area contributed by atoms with Crippen molar-refractivity contribution >= 4 is 10.0 Å². The van der Waals surface area contributed by atoms with Gasteiger partial charge in [0.15, 0.2) is 0 Å². The standard InChI is InChI=1S/C11H22N2O3S/c12-8-11(4-1-5-11)9-13-17(14,15)10-2-6-16-7-3-10/h10,13H,1-9,12H2. The Morgan fingerprint density at radius 3 is 2.41 bits per heavy atom. The fraction of sp³-hybridized carbons (Fsp3) is 1.00. The summed E-state index contributed by atoms with van der Waals surface area (Å²) in [5.41, 5.74) is 5.75. The van der Waals surface area contributed by atoms with Gasteiger partial charge < -0.3 is 10.5 Å². The molecule has 0 aromatic carbocycles. The summed E-state index contributed by atoms with van der Waals surface area (Å²) in [6.07, 6.45) is 4.45. The number of hydrogen-bond donors (Lipinski definition) is 2. The smallest absolute Gasteiger partial charge is 0.214 e. The van der Waals surface area contributed by atoms with Gasteiger partial charge in [-0.3, -0.25) is 0 Å². The maximum Gasteiger partial charge on any atom is 0.214 e. The molecule has 0 bridgehead atoms. The maximum absolute atomic E-state index is 12.1. The molecule has 0 aromatic heterocycles. The van der Waals surface area contributed by atoms with Crippen LogP contribution in [0.1, 0.15) is 32.1 Å². The second-order valence-electron chi connectivity index (χ2n) is 5.24. The summed E-state index contributed by atoms with van der Waals surface area (Å²) >= 11 is 0. The van der Waals surface area contributed by atoms with Crippen molar-refractivity contribution in [2.24, 2.45) is 11.1 Å². The zero-order valence-electron chi connectivity index (χ0n) is 10.2. The fourth-order valence-corrected chi connectivity index (χ4v) is 4.04. The van der Waals surface area contributed by atoms with Crippen LogP contribution in [0.5, 0.6) is 0 Å². The van der Waals surface area contributed by atoms with Gasteiger partial charge in [-0.05, 0) is 37.6 Å². The molecule has 1 saturated carbocycles. The van der Waals surface area contributed by atoms with Gasteiger partial charge in [-0.1, -0.05) is 6.42 Å². The molecular formula is C11H22N2O3S. The van der Waals surface area contributed by atoms with Crippen LogP contribution in [-0.4, -0.2) is 40.0 Å². The Morgan fingerprint density at radius 2 is 1.94 bits per heavy atom. The SMILES string of the molecule is NCC1(CNS(=O)(=O)C2CCOCC2)CCC1. The van der Waals surface area contributed by atoms with Crippen molar-refractivity contribution in [2.75, 3.05) is 26.3 Å². The van der Waals surface area contributed by atoms with E-state index in [0.717, 1.165) is 19.3 Å². The van der Waals surface area contributed by atoms with E-state index in [2.05, 4.69) is 4.72 Å². The predicted molar refractivity (Wildman–Crippen MR) is 66.1 cm³/mol. The lowest BCUT2D eigenvalue weighted by molar-refractivity contribution is 0.0977. The van der Waals surface area contributed by atoms with E-state index in [0.29, 0.717) is 39.1 Å². The number of sulfonamides is 1. The number of ether oxygens (including phenoxy) is 1. The maximum atomic E-state index is 12.1. The second kappa shape index (κ2) is 5.22. The van der Waals surface area contributed by atoms with E-state index in [1.165, 1.54) is 0 Å². The molecule has 1 aliphatic heterocycles. The first kappa shape index (κ1) is 13.3. The monoisotopic (exact) mass is 262 g/mol. The van der Waals surface area contributed by atoms with E-state index < -0.39 is 10.0 Å². The Bertz CT molecular complexity index is 340. The van der Waals surface area contributed by atoms with Crippen LogP contribution >= 0.6 is 0 Å². The highest BCUT2D eigenvalue weighted by Crippen LogP contribution is 2.39. The first-order chi connectivity index (χ1) is 8.08. The lowest BCUT2D eigenvalue weighted by atomic mass is 9.69. The molecule has 1 aliphatic carbocycles. The highest BCUT2D eigenvalue weighted by Gasteiger charge is 2.37. The van der Waals surface area contributed by atoms with Crippen molar-refractivity contribution in [3.8, 4) is 0 Å². The van der Waals surface area contributed by atoms with Crippen LogP contribution in [0.25, 0.3) is 0 Å². The first-order valence-electron chi connectivity index (χ1n) is 6.34. The van der Waals surface area contributed by atoms with Gasteiger partial charge in [0.25, 0.3) is 0 Å². The Balaban J connectivity index is 1.88. The molecule has 0 spiro atoms. The van der Waals surface area contributed by atoms with Crippen molar-refractivity contribution < 1.29 is 13.2 Å². The number of hydrogen-bond acceptors (Lipinski definition) is 4. The Morgan fingerprint density at radius 1 is 1.29 bits per heavy atom. The van der Waals surface area contributed by atoms with Crippen molar-refractivity contribution in [1.82, 2.24) is 4.72 Å². The molecule has 1 heterocycles. The minimum atomic E-state index is -3.19. The third-order valence-electron chi connectivity index (χ3n) is 4.10. The summed E-state index contributed by atoms with van der Waals surface area (Å²) in [5, 5.41) is -0.286. The molecule has 0 radical (unpaired) electrons. The zero-order chi connectivity index (χ0) is 12.4. The predicted octanol–water partition coefficient (Wildman–Crippen LogP) is 0.214. The topological polar surface area (TPSA) is 81.4 Å². The Labute approximate surface area is 103 Å². The quantitative estimate of drug-likeness (QED) is 0.742. The third kappa shape index (κ3) is 2.99. The van der Waals surface area contributed by atoms with E-state index in [9.17, 15) is 8.42 Å². The van der Waals surface area contributed by atoms with Gasteiger partial charge in [0, 0.05) is 19.8 Å². The number of nitrogens with one attached hydrogen (secondary N) is 1. The van der Waals surface area contributed by atoms with Crippen LogP contribution < -0.4 is 10.5 Å². The molecule has 100 valence electrons. The molecule has 1 saturated heterocycles. The summed E-state index contributed by atoms with van der Waals surface area (Å²) in [6.45, 7) is 2.17. The highest BCUT2D eigenvalue weighted by atomic mass is 32.2. The van der Waals surface area contributed by atoms with E-state index >= 15 is 0 Å². The summed E-state index contributed by atoms with van der Waals surface area (Å²) in [6, 6.07) is 0. The molecule has 0 aromatic rings. The lowest BCUT2D eigenvalue weighted by Crippen LogP contribution is -2.49. The van der Waals surface area contributed by atoms with Gasteiger partial charge >= 0.3 is 0 Å². The van der Waals surface area contributed by atoms with Gasteiger partial charge in [0.1, 0.15) is 0 Å². The lowest BCUT2D eigenvalue weighted by Gasteiger charge is -2.41. The molecule has 0 atom stereocenters. The van der Waals surface area contributed by atoms with E-state index in [4.69, 9.17) is 10.5 Å². The minimum Gasteiger partial charge on any atom is -0.381 e. The van der Waals surface area contributed by atoms with Crippen molar-refractivity contribution in [3.63, 3.8) is 0 Å². The van der Waals surface area contributed by atoms with Crippen molar-refractivity contribution in [3.05, 3.63) is 0 Å². The van der Waals surface area contributed by atoms with Crippen LogP contribution in [0.15, 0.2) is 0 Å². The van der Waals surface area contributed by atoms with Crippen LogP contribution in [-0.2, 0) is 14.8 Å². The Hall–Kier alpha value is -0.170. The molecule has 5 nitrogen and oxygen atoms in total. The van der Waals surface area contributed by atoms with Crippen LogP contribution in [0.4, 0.5) is 0 Å². The van der Waals surface area contributed by atoms with E-state index in [-0.39, 0.29) is 10.7 Å². The highest BCUT2D eigenvalue weighted by molar-refractivity contribution is 7.90. The summed E-state index contributed by atoms with van der Waals surface area (Å²) < 4.78 is 32.1. The molecule has 0 amide bonds. The second-order valence-corrected chi connectivity index (χ2v) is 7.28. The molecule has 6 heteroatoms. The van der Waals surface area contributed by atoms with Crippen LogP contribution in [0.2, 0.25) is 0 Å². The third-order valence-corrected chi connectivity index (χ3v) is 6.00. The number of rotatable bonds is 5. The summed E-state index contributed by atoms with van der Waals surface area (Å²) in [5.74, 6) is 0. The minimum absolute atomic E-state index is 0.0260. The molecule has 17 heavy (non-hydrogen) atoms. The average molecular weight is 262 g/mol. The molecule has 2 rings (SSSR count). The first-order valence-corrected chi connectivity index (χ1v) is 7.89. The average Bonchev–Trinajstić information content (AvgIpc) is 2.29.